The first-order chi connectivity index (χ1) is 15.0. The van der Waals surface area contributed by atoms with Crippen LogP contribution in [0.5, 0.6) is 0 Å². The van der Waals surface area contributed by atoms with Crippen LogP contribution >= 0.6 is 11.3 Å². The minimum atomic E-state index is -0.449. The Morgan fingerprint density at radius 2 is 1.87 bits per heavy atom. The lowest BCUT2D eigenvalue weighted by Gasteiger charge is -2.31. The van der Waals surface area contributed by atoms with Crippen molar-refractivity contribution in [2.45, 2.75) is 51.2 Å². The standard InChI is InChI=1S/C24H26N2O4S/c1-25-22-20(21(27)26(24(25)29)13-15-6-3-2-4-7-15)19(14-31-22)23(28)30-18-11-10-16-8-5-9-17(16)12-18/h2-4,6-7,14,16-18H,5,8-13H2,1H3. The zero-order chi connectivity index (χ0) is 21.5. The third-order valence-electron chi connectivity index (χ3n) is 6.97. The summed E-state index contributed by atoms with van der Waals surface area (Å²) in [7, 11) is 1.64. The quantitative estimate of drug-likeness (QED) is 0.579. The topological polar surface area (TPSA) is 70.3 Å². The number of carbonyl (C=O) groups is 1. The summed E-state index contributed by atoms with van der Waals surface area (Å²) in [5.41, 5.74) is 0.307. The number of esters is 1. The molecule has 2 aliphatic rings. The summed E-state index contributed by atoms with van der Waals surface area (Å²) in [6.07, 6.45) is 6.66. The number of hydrogen-bond acceptors (Lipinski definition) is 5. The molecule has 0 aliphatic heterocycles. The fourth-order valence-electron chi connectivity index (χ4n) is 5.33. The van der Waals surface area contributed by atoms with Gasteiger partial charge in [-0.1, -0.05) is 49.6 Å². The van der Waals surface area contributed by atoms with E-state index in [2.05, 4.69) is 0 Å². The van der Waals surface area contributed by atoms with Gasteiger partial charge in [-0.25, -0.2) is 9.59 Å². The molecule has 0 bridgehead atoms. The Bertz CT molecular complexity index is 1240. The summed E-state index contributed by atoms with van der Waals surface area (Å²) < 4.78 is 8.52. The van der Waals surface area contributed by atoms with Gasteiger partial charge in [0.15, 0.2) is 0 Å². The van der Waals surface area contributed by atoms with Gasteiger partial charge in [0.1, 0.15) is 10.9 Å². The summed E-state index contributed by atoms with van der Waals surface area (Å²) >= 11 is 1.24. The maximum atomic E-state index is 13.3. The van der Waals surface area contributed by atoms with E-state index >= 15 is 0 Å². The van der Waals surface area contributed by atoms with Crippen molar-refractivity contribution in [1.29, 1.82) is 0 Å². The van der Waals surface area contributed by atoms with Gasteiger partial charge >= 0.3 is 11.7 Å². The van der Waals surface area contributed by atoms with Crippen LogP contribution in [0.25, 0.3) is 10.2 Å². The van der Waals surface area contributed by atoms with E-state index in [-0.39, 0.29) is 29.3 Å². The molecule has 0 spiro atoms. The molecule has 3 aromatic rings. The number of ether oxygens (including phenoxy) is 1. The second kappa shape index (κ2) is 8.11. The van der Waals surface area contributed by atoms with Crippen molar-refractivity contribution >= 4 is 27.5 Å². The zero-order valence-corrected chi connectivity index (χ0v) is 18.4. The number of hydrogen-bond donors (Lipinski definition) is 0. The van der Waals surface area contributed by atoms with Crippen molar-refractivity contribution < 1.29 is 9.53 Å². The van der Waals surface area contributed by atoms with Crippen LogP contribution in [-0.4, -0.2) is 21.2 Å². The van der Waals surface area contributed by atoms with Gasteiger partial charge in [-0.05, 0) is 36.7 Å². The molecule has 0 radical (unpaired) electrons. The molecule has 0 N–H and O–H groups in total. The van der Waals surface area contributed by atoms with E-state index in [4.69, 9.17) is 4.74 Å². The number of nitrogens with zero attached hydrogens (tertiary/aromatic N) is 2. The minimum Gasteiger partial charge on any atom is -0.459 e. The molecule has 2 saturated carbocycles. The SMILES string of the molecule is Cn1c(=O)n(Cc2ccccc2)c(=O)c2c(C(=O)OC3CCC4CCCC4C3)csc21. The van der Waals surface area contributed by atoms with Gasteiger partial charge in [0, 0.05) is 12.4 Å². The van der Waals surface area contributed by atoms with E-state index in [1.165, 1.54) is 39.7 Å². The molecular weight excluding hydrogens is 412 g/mol. The third-order valence-corrected chi connectivity index (χ3v) is 8.03. The van der Waals surface area contributed by atoms with Gasteiger partial charge in [-0.3, -0.25) is 13.9 Å². The lowest BCUT2D eigenvalue weighted by Crippen LogP contribution is -2.39. The monoisotopic (exact) mass is 438 g/mol. The minimum absolute atomic E-state index is 0.0825. The van der Waals surface area contributed by atoms with Gasteiger partial charge in [-0.2, -0.15) is 0 Å². The summed E-state index contributed by atoms with van der Waals surface area (Å²) in [5, 5.41) is 1.93. The molecule has 31 heavy (non-hydrogen) atoms. The van der Waals surface area contributed by atoms with Crippen LogP contribution in [0.15, 0.2) is 45.3 Å². The van der Waals surface area contributed by atoms with Crippen molar-refractivity contribution in [3.05, 3.63) is 67.7 Å². The second-order valence-electron chi connectivity index (χ2n) is 8.84. The Kier molecular flexibility index (Phi) is 5.30. The molecule has 2 aliphatic carbocycles. The van der Waals surface area contributed by atoms with Crippen molar-refractivity contribution in [2.24, 2.45) is 18.9 Å². The smallest absolute Gasteiger partial charge is 0.340 e. The first-order valence-corrected chi connectivity index (χ1v) is 11.9. The molecule has 0 amide bonds. The molecule has 2 fully saturated rings. The maximum absolute atomic E-state index is 13.3. The van der Waals surface area contributed by atoms with Crippen molar-refractivity contribution in [3.8, 4) is 0 Å². The van der Waals surface area contributed by atoms with Gasteiger partial charge in [0.25, 0.3) is 5.56 Å². The Morgan fingerprint density at radius 1 is 1.10 bits per heavy atom. The maximum Gasteiger partial charge on any atom is 0.340 e. The number of aryl methyl sites for hydroxylation is 1. The highest BCUT2D eigenvalue weighted by molar-refractivity contribution is 7.17. The van der Waals surface area contributed by atoms with E-state index in [1.807, 2.05) is 30.3 Å². The lowest BCUT2D eigenvalue weighted by molar-refractivity contribution is 0.00898. The number of rotatable bonds is 4. The van der Waals surface area contributed by atoms with Crippen LogP contribution in [0, 0.1) is 11.8 Å². The van der Waals surface area contributed by atoms with Gasteiger partial charge in [0.2, 0.25) is 0 Å². The van der Waals surface area contributed by atoms with Crippen molar-refractivity contribution in [2.75, 3.05) is 0 Å². The zero-order valence-electron chi connectivity index (χ0n) is 17.6. The molecule has 0 saturated heterocycles. The van der Waals surface area contributed by atoms with Crippen LogP contribution in [0.4, 0.5) is 0 Å². The summed E-state index contributed by atoms with van der Waals surface area (Å²) in [4.78, 5) is 39.7. The Morgan fingerprint density at radius 3 is 2.68 bits per heavy atom. The largest absolute Gasteiger partial charge is 0.459 e. The van der Waals surface area contributed by atoms with Crippen molar-refractivity contribution in [3.63, 3.8) is 0 Å². The first kappa shape index (κ1) is 20.2. The van der Waals surface area contributed by atoms with Crippen LogP contribution in [0.3, 0.4) is 0 Å². The van der Waals surface area contributed by atoms with Gasteiger partial charge < -0.3 is 4.74 Å². The molecule has 6 nitrogen and oxygen atoms in total. The summed E-state index contributed by atoms with van der Waals surface area (Å²) in [6, 6.07) is 9.38. The molecular formula is C24H26N2O4S. The Labute approximate surface area is 184 Å². The Balaban J connectivity index is 1.47. The molecule has 1 aromatic carbocycles. The third kappa shape index (κ3) is 3.65. The predicted octanol–water partition coefficient (Wildman–Crippen LogP) is 3.94. The van der Waals surface area contributed by atoms with Crippen LogP contribution in [-0.2, 0) is 18.3 Å². The number of benzene rings is 1. The average Bonchev–Trinajstić information content (AvgIpc) is 3.43. The number of carbonyl (C=O) groups excluding carboxylic acids is 1. The fourth-order valence-corrected chi connectivity index (χ4v) is 6.32. The van der Waals surface area contributed by atoms with Crippen LogP contribution in [0.1, 0.15) is 54.4 Å². The van der Waals surface area contributed by atoms with Crippen LogP contribution < -0.4 is 11.2 Å². The lowest BCUT2D eigenvalue weighted by atomic mass is 9.80. The molecule has 162 valence electrons. The molecule has 3 unspecified atom stereocenters. The van der Waals surface area contributed by atoms with E-state index < -0.39 is 11.5 Å². The number of aromatic nitrogens is 2. The Hall–Kier alpha value is -2.67. The van der Waals surface area contributed by atoms with Gasteiger partial charge in [-0.15, -0.1) is 11.3 Å². The molecule has 7 heteroatoms. The average molecular weight is 439 g/mol. The predicted molar refractivity (Wildman–Crippen MR) is 121 cm³/mol. The fraction of sp³-hybridized carbons (Fsp3) is 0.458. The van der Waals surface area contributed by atoms with Gasteiger partial charge in [0.05, 0.1) is 17.5 Å². The van der Waals surface area contributed by atoms with Crippen molar-refractivity contribution in [1.82, 2.24) is 9.13 Å². The van der Waals surface area contributed by atoms with E-state index in [0.717, 1.165) is 30.7 Å². The highest BCUT2D eigenvalue weighted by atomic mass is 32.1. The second-order valence-corrected chi connectivity index (χ2v) is 9.70. The number of fused-ring (bicyclic) bond motifs is 2. The van der Waals surface area contributed by atoms with E-state index in [9.17, 15) is 14.4 Å². The summed E-state index contributed by atoms with van der Waals surface area (Å²) in [6.45, 7) is 0.165. The van der Waals surface area contributed by atoms with Crippen LogP contribution in [0.2, 0.25) is 0 Å². The highest BCUT2D eigenvalue weighted by Gasteiger charge is 2.35. The van der Waals surface area contributed by atoms with E-state index in [1.54, 1.807) is 12.4 Å². The van der Waals surface area contributed by atoms with E-state index in [0.29, 0.717) is 10.7 Å². The summed E-state index contributed by atoms with van der Waals surface area (Å²) in [5.74, 6) is 1.00. The first-order valence-electron chi connectivity index (χ1n) is 11.0. The highest BCUT2D eigenvalue weighted by Crippen LogP contribution is 2.43. The molecule has 3 atom stereocenters. The number of thiophene rings is 1. The normalized spacial score (nSPS) is 23.1. The molecule has 5 rings (SSSR count). The molecule has 2 aromatic heterocycles. The molecule has 2 heterocycles.